The van der Waals surface area contributed by atoms with Crippen LogP contribution in [0.25, 0.3) is 0 Å². The van der Waals surface area contributed by atoms with E-state index in [4.69, 9.17) is 16.3 Å². The Bertz CT molecular complexity index is 506. The zero-order chi connectivity index (χ0) is 12.1. The van der Waals surface area contributed by atoms with Crippen LogP contribution in [0.2, 0.25) is 5.15 Å². The van der Waals surface area contributed by atoms with E-state index in [1.165, 1.54) is 0 Å². The lowest BCUT2D eigenvalue weighted by Crippen LogP contribution is -2.03. The summed E-state index contributed by atoms with van der Waals surface area (Å²) in [5.74, 6) is 1.14. The Kier molecular flexibility index (Phi) is 3.72. The Morgan fingerprint density at radius 2 is 2.06 bits per heavy atom. The molecule has 0 fully saturated rings. The van der Waals surface area contributed by atoms with Crippen LogP contribution in [-0.2, 0) is 6.54 Å². The molecule has 2 rings (SSSR count). The van der Waals surface area contributed by atoms with Gasteiger partial charge in [0.15, 0.2) is 11.0 Å². The van der Waals surface area contributed by atoms with E-state index >= 15 is 0 Å². The van der Waals surface area contributed by atoms with Crippen molar-refractivity contribution in [1.82, 2.24) is 15.0 Å². The molecule has 0 saturated carbocycles. The highest BCUT2D eigenvalue weighted by Gasteiger charge is 2.02. The van der Waals surface area contributed by atoms with Crippen LogP contribution in [0, 0.1) is 0 Å². The fourth-order valence-electron chi connectivity index (χ4n) is 1.30. The summed E-state index contributed by atoms with van der Waals surface area (Å²) < 4.78 is 5.04. The molecule has 0 spiro atoms. The van der Waals surface area contributed by atoms with Gasteiger partial charge in [-0.3, -0.25) is 0 Å². The first kappa shape index (κ1) is 11.6. The molecule has 88 valence electrons. The minimum Gasteiger partial charge on any atom is -0.481 e. The van der Waals surface area contributed by atoms with Crippen molar-refractivity contribution in [3.05, 3.63) is 41.4 Å². The Balaban J connectivity index is 2.05. The minimum absolute atomic E-state index is 0.355. The van der Waals surface area contributed by atoms with Gasteiger partial charge in [-0.05, 0) is 11.6 Å². The minimum atomic E-state index is 0.355. The number of methoxy groups -OCH3 is 1. The van der Waals surface area contributed by atoms with Gasteiger partial charge in [-0.15, -0.1) is 0 Å². The average Bonchev–Trinajstić information content (AvgIpc) is 2.38. The number of pyridine rings is 1. The van der Waals surface area contributed by atoms with Gasteiger partial charge in [-0.1, -0.05) is 11.6 Å². The van der Waals surface area contributed by atoms with E-state index in [-0.39, 0.29) is 0 Å². The topological polar surface area (TPSA) is 59.9 Å². The third-order valence-corrected chi connectivity index (χ3v) is 2.40. The molecule has 0 bridgehead atoms. The van der Waals surface area contributed by atoms with Gasteiger partial charge in [-0.25, -0.2) is 15.0 Å². The maximum atomic E-state index is 5.88. The van der Waals surface area contributed by atoms with Crippen molar-refractivity contribution < 1.29 is 4.74 Å². The molecule has 17 heavy (non-hydrogen) atoms. The van der Waals surface area contributed by atoms with Crippen molar-refractivity contribution in [2.24, 2.45) is 0 Å². The van der Waals surface area contributed by atoms with E-state index in [9.17, 15) is 0 Å². The van der Waals surface area contributed by atoms with Crippen molar-refractivity contribution >= 4 is 17.4 Å². The highest BCUT2D eigenvalue weighted by molar-refractivity contribution is 6.31. The van der Waals surface area contributed by atoms with Crippen molar-refractivity contribution in [2.45, 2.75) is 6.54 Å². The summed E-state index contributed by atoms with van der Waals surface area (Å²) in [7, 11) is 1.58. The molecule has 0 unspecified atom stereocenters. The molecule has 1 N–H and O–H groups in total. The second-order valence-corrected chi connectivity index (χ2v) is 3.61. The van der Waals surface area contributed by atoms with Gasteiger partial charge >= 0.3 is 0 Å². The molecule has 6 heteroatoms. The maximum absolute atomic E-state index is 5.88. The van der Waals surface area contributed by atoms with Crippen LogP contribution in [0.1, 0.15) is 5.56 Å². The van der Waals surface area contributed by atoms with E-state index in [1.807, 2.05) is 12.1 Å². The van der Waals surface area contributed by atoms with Crippen LogP contribution in [0.4, 0.5) is 5.82 Å². The second kappa shape index (κ2) is 5.45. The van der Waals surface area contributed by atoms with Gasteiger partial charge in [0.2, 0.25) is 5.88 Å². The Hall–Kier alpha value is -1.88. The number of hydrogen-bond acceptors (Lipinski definition) is 5. The fraction of sp³-hybridized carbons (Fsp3) is 0.182. The largest absolute Gasteiger partial charge is 0.481 e. The molecule has 5 nitrogen and oxygen atoms in total. The molecule has 0 saturated heterocycles. The third kappa shape index (κ3) is 3.04. The molecule has 0 atom stereocenters. The highest BCUT2D eigenvalue weighted by atomic mass is 35.5. The van der Waals surface area contributed by atoms with E-state index in [1.54, 1.807) is 25.7 Å². The third-order valence-electron chi connectivity index (χ3n) is 2.12. The molecule has 2 aromatic heterocycles. The van der Waals surface area contributed by atoms with Crippen molar-refractivity contribution in [1.29, 1.82) is 0 Å². The van der Waals surface area contributed by atoms with Crippen LogP contribution < -0.4 is 10.1 Å². The van der Waals surface area contributed by atoms with Crippen molar-refractivity contribution in [2.75, 3.05) is 12.4 Å². The zero-order valence-corrected chi connectivity index (χ0v) is 9.98. The lowest BCUT2D eigenvalue weighted by molar-refractivity contribution is 0.397. The van der Waals surface area contributed by atoms with Crippen LogP contribution in [0.5, 0.6) is 5.88 Å². The summed E-state index contributed by atoms with van der Waals surface area (Å²) in [5, 5.41) is 3.45. The van der Waals surface area contributed by atoms with E-state index < -0.39 is 0 Å². The molecule has 0 radical (unpaired) electrons. The molecule has 0 aromatic carbocycles. The van der Waals surface area contributed by atoms with Gasteiger partial charge in [0, 0.05) is 31.2 Å². The predicted octanol–water partition coefficient (Wildman–Crippen LogP) is 2.15. The molecule has 0 amide bonds. The second-order valence-electron chi connectivity index (χ2n) is 3.26. The molecular weight excluding hydrogens is 240 g/mol. The number of aromatic nitrogens is 3. The smallest absolute Gasteiger partial charge is 0.213 e. The summed E-state index contributed by atoms with van der Waals surface area (Å²) in [6.07, 6.45) is 4.82. The predicted molar refractivity (Wildman–Crippen MR) is 65.2 cm³/mol. The monoisotopic (exact) mass is 250 g/mol. The van der Waals surface area contributed by atoms with Crippen LogP contribution >= 0.6 is 11.6 Å². The maximum Gasteiger partial charge on any atom is 0.213 e. The summed E-state index contributed by atoms with van der Waals surface area (Å²) in [6, 6.07) is 3.73. The number of halogens is 1. The fourth-order valence-corrected chi connectivity index (χ4v) is 1.47. The number of anilines is 1. The Morgan fingerprint density at radius 1 is 1.24 bits per heavy atom. The van der Waals surface area contributed by atoms with Gasteiger partial charge in [-0.2, -0.15) is 0 Å². The van der Waals surface area contributed by atoms with Crippen LogP contribution in [0.15, 0.2) is 30.7 Å². The van der Waals surface area contributed by atoms with Gasteiger partial charge in [0.25, 0.3) is 0 Å². The summed E-state index contributed by atoms with van der Waals surface area (Å²) in [6.45, 7) is 0.581. The summed E-state index contributed by atoms with van der Waals surface area (Å²) >= 11 is 5.88. The number of hydrogen-bond donors (Lipinski definition) is 1. The molecule has 0 aliphatic carbocycles. The van der Waals surface area contributed by atoms with Gasteiger partial charge in [0.05, 0.1) is 7.11 Å². The molecular formula is C11H11ClN4O. The highest BCUT2D eigenvalue weighted by Crippen LogP contribution is 2.16. The lowest BCUT2D eigenvalue weighted by atomic mass is 10.2. The van der Waals surface area contributed by atoms with Gasteiger partial charge < -0.3 is 10.1 Å². The van der Waals surface area contributed by atoms with Crippen molar-refractivity contribution in [3.8, 4) is 5.88 Å². The number of ether oxygens (including phenoxy) is 1. The van der Waals surface area contributed by atoms with Crippen LogP contribution in [-0.4, -0.2) is 22.1 Å². The zero-order valence-electron chi connectivity index (χ0n) is 9.22. The average molecular weight is 251 g/mol. The van der Waals surface area contributed by atoms with E-state index in [0.717, 1.165) is 5.56 Å². The normalized spacial score (nSPS) is 10.0. The lowest BCUT2D eigenvalue weighted by Gasteiger charge is -2.07. The number of rotatable bonds is 4. The molecule has 2 aromatic rings. The standard InChI is InChI=1S/C11H11ClN4O/c1-17-9-6-8(2-3-13-9)7-16-11-10(12)14-4-5-15-11/h2-6H,7H2,1H3,(H,15,16). The quantitative estimate of drug-likeness (QED) is 0.901. The first-order chi connectivity index (χ1) is 8.29. The summed E-state index contributed by atoms with van der Waals surface area (Å²) in [4.78, 5) is 12.0. The van der Waals surface area contributed by atoms with Crippen LogP contribution in [0.3, 0.4) is 0 Å². The Morgan fingerprint density at radius 3 is 2.82 bits per heavy atom. The van der Waals surface area contributed by atoms with E-state index in [2.05, 4.69) is 20.3 Å². The molecule has 2 heterocycles. The first-order valence-corrected chi connectivity index (χ1v) is 5.36. The van der Waals surface area contributed by atoms with E-state index in [0.29, 0.717) is 23.4 Å². The first-order valence-electron chi connectivity index (χ1n) is 4.99. The SMILES string of the molecule is COc1cc(CNc2nccnc2Cl)ccn1. The summed E-state index contributed by atoms with van der Waals surface area (Å²) in [5.41, 5.74) is 1.03. The van der Waals surface area contributed by atoms with Gasteiger partial charge in [0.1, 0.15) is 0 Å². The number of nitrogens with one attached hydrogen (secondary N) is 1. The molecule has 0 aliphatic heterocycles. The van der Waals surface area contributed by atoms with Crippen molar-refractivity contribution in [3.63, 3.8) is 0 Å². The Labute approximate surface area is 104 Å². The molecule has 0 aliphatic rings. The number of nitrogens with zero attached hydrogens (tertiary/aromatic N) is 3.